The molecule has 1 fully saturated rings. The Kier molecular flexibility index (Phi) is 12.2. The highest BCUT2D eigenvalue weighted by Crippen LogP contribution is 2.31. The molecule has 8 nitrogen and oxygen atoms in total. The first-order valence-corrected chi connectivity index (χ1v) is 15.1. The van der Waals surface area contributed by atoms with Crippen molar-refractivity contribution in [3.05, 3.63) is 83.9 Å². The van der Waals surface area contributed by atoms with E-state index in [4.69, 9.17) is 23.7 Å². The van der Waals surface area contributed by atoms with Crippen molar-refractivity contribution in [2.45, 2.75) is 45.4 Å². The van der Waals surface area contributed by atoms with Crippen LogP contribution in [0.25, 0.3) is 0 Å². The summed E-state index contributed by atoms with van der Waals surface area (Å²) in [5, 5.41) is 0. The molecule has 230 valence electrons. The standard InChI is InChI=1S/C34H45BN2O6/c1-25(2)37(34(38)28-14-15-32(40-4)33(19-28)41-17-9-16-39-3)29-18-27(21-36(35)22-29)24-43-31-13-8-12-30(20-31)42-23-26-10-6-5-7-11-26/h5-8,10-15,19-20,25,27,29H,9,16-18,21-24,35H2,1-4H3. The minimum atomic E-state index is -0.0115. The van der Waals surface area contributed by atoms with Crippen molar-refractivity contribution >= 4 is 13.9 Å². The van der Waals surface area contributed by atoms with Gasteiger partial charge in [-0.2, -0.15) is 0 Å². The van der Waals surface area contributed by atoms with E-state index >= 15 is 0 Å². The Morgan fingerprint density at radius 2 is 1.67 bits per heavy atom. The highest BCUT2D eigenvalue weighted by molar-refractivity contribution is 6.04. The highest BCUT2D eigenvalue weighted by Gasteiger charge is 2.34. The van der Waals surface area contributed by atoms with Gasteiger partial charge in [0.1, 0.15) is 18.1 Å². The molecule has 0 radical (unpaired) electrons. The summed E-state index contributed by atoms with van der Waals surface area (Å²) in [4.78, 5) is 18.3. The van der Waals surface area contributed by atoms with Crippen LogP contribution in [-0.4, -0.2) is 82.8 Å². The molecule has 3 aromatic carbocycles. The Labute approximate surface area is 257 Å². The molecule has 43 heavy (non-hydrogen) atoms. The molecule has 9 heteroatoms. The van der Waals surface area contributed by atoms with E-state index in [1.165, 1.54) is 0 Å². The van der Waals surface area contributed by atoms with Gasteiger partial charge in [-0.15, -0.1) is 0 Å². The van der Waals surface area contributed by atoms with E-state index in [2.05, 4.69) is 26.6 Å². The molecule has 0 bridgehead atoms. The van der Waals surface area contributed by atoms with Gasteiger partial charge in [0.15, 0.2) is 19.5 Å². The molecule has 0 aromatic heterocycles. The number of methoxy groups -OCH3 is 2. The quantitative estimate of drug-likeness (QED) is 0.186. The number of nitrogens with zero attached hydrogens (tertiary/aromatic N) is 2. The number of ether oxygens (including phenoxy) is 5. The third kappa shape index (κ3) is 9.40. The minimum Gasteiger partial charge on any atom is -0.493 e. The van der Waals surface area contributed by atoms with Crippen molar-refractivity contribution in [3.63, 3.8) is 0 Å². The third-order valence-electron chi connectivity index (χ3n) is 7.58. The van der Waals surface area contributed by atoms with Crippen LogP contribution in [0.3, 0.4) is 0 Å². The number of hydrogen-bond acceptors (Lipinski definition) is 7. The normalized spacial score (nSPS) is 17.0. The van der Waals surface area contributed by atoms with Gasteiger partial charge < -0.3 is 33.4 Å². The molecule has 1 aliphatic rings. The largest absolute Gasteiger partial charge is 0.493 e. The molecule has 0 aliphatic carbocycles. The van der Waals surface area contributed by atoms with Crippen molar-refractivity contribution in [1.29, 1.82) is 0 Å². The molecule has 1 heterocycles. The van der Waals surface area contributed by atoms with E-state index in [1.807, 2.05) is 65.6 Å². The summed E-state index contributed by atoms with van der Waals surface area (Å²) < 4.78 is 28.8. The predicted molar refractivity (Wildman–Crippen MR) is 171 cm³/mol. The van der Waals surface area contributed by atoms with Crippen LogP contribution in [0.2, 0.25) is 0 Å². The topological polar surface area (TPSA) is 69.7 Å². The smallest absolute Gasteiger partial charge is 0.254 e. The van der Waals surface area contributed by atoms with E-state index in [1.54, 1.807) is 26.4 Å². The minimum absolute atomic E-state index is 0.0115. The van der Waals surface area contributed by atoms with E-state index in [0.717, 1.165) is 43.0 Å². The number of carbonyl (C=O) groups is 1. The SMILES string of the molecule is BN1CC(COc2cccc(OCc3ccccc3)c2)CC(N(C(=O)c2ccc(OC)c(OCCCOC)c2)C(C)C)C1. The highest BCUT2D eigenvalue weighted by atomic mass is 16.5. The van der Waals surface area contributed by atoms with Gasteiger partial charge in [-0.05, 0) is 62.7 Å². The fraction of sp³-hybridized carbons (Fsp3) is 0.441. The van der Waals surface area contributed by atoms with Gasteiger partial charge in [0.2, 0.25) is 0 Å². The molecule has 2 atom stereocenters. The van der Waals surface area contributed by atoms with Gasteiger partial charge in [-0.25, -0.2) is 0 Å². The van der Waals surface area contributed by atoms with E-state index < -0.39 is 0 Å². The molecule has 0 N–H and O–H groups in total. The van der Waals surface area contributed by atoms with E-state index in [-0.39, 0.29) is 23.9 Å². The molecule has 4 rings (SSSR count). The maximum atomic E-state index is 14.0. The second-order valence-corrected chi connectivity index (χ2v) is 11.4. The lowest BCUT2D eigenvalue weighted by Gasteiger charge is -2.43. The number of benzene rings is 3. The van der Waals surface area contributed by atoms with Crippen LogP contribution in [0.15, 0.2) is 72.8 Å². The summed E-state index contributed by atoms with van der Waals surface area (Å²) in [6, 6.07) is 23.4. The number of amides is 1. The maximum absolute atomic E-state index is 14.0. The molecule has 3 aromatic rings. The number of piperidine rings is 1. The molecular formula is C34H45BN2O6. The monoisotopic (exact) mass is 588 g/mol. The van der Waals surface area contributed by atoms with E-state index in [9.17, 15) is 4.79 Å². The van der Waals surface area contributed by atoms with Gasteiger partial charge in [-0.1, -0.05) is 36.4 Å². The Balaban J connectivity index is 1.40. The Hall–Kier alpha value is -3.69. The lowest BCUT2D eigenvalue weighted by atomic mass is 9.90. The van der Waals surface area contributed by atoms with Gasteiger partial charge in [0.05, 0.1) is 20.3 Å². The summed E-state index contributed by atoms with van der Waals surface area (Å²) in [5.74, 6) is 2.98. The average Bonchev–Trinajstić information content (AvgIpc) is 3.01. The Morgan fingerprint density at radius 1 is 0.907 bits per heavy atom. The zero-order valence-electron chi connectivity index (χ0n) is 26.2. The first kappa shape index (κ1) is 32.2. The second-order valence-electron chi connectivity index (χ2n) is 11.4. The molecule has 1 aliphatic heterocycles. The fourth-order valence-corrected chi connectivity index (χ4v) is 5.62. The summed E-state index contributed by atoms with van der Waals surface area (Å²) in [6.45, 7) is 8.01. The fourth-order valence-electron chi connectivity index (χ4n) is 5.62. The molecule has 0 spiro atoms. The Morgan fingerprint density at radius 3 is 2.40 bits per heavy atom. The summed E-state index contributed by atoms with van der Waals surface area (Å²) in [5.41, 5.74) is 1.71. The van der Waals surface area contributed by atoms with Crippen molar-refractivity contribution in [2.24, 2.45) is 5.92 Å². The van der Waals surface area contributed by atoms with Crippen molar-refractivity contribution in [1.82, 2.24) is 9.71 Å². The molecule has 0 saturated carbocycles. The van der Waals surface area contributed by atoms with Gasteiger partial charge in [0, 0.05) is 56.3 Å². The number of hydrogen-bond donors (Lipinski definition) is 0. The number of rotatable bonds is 15. The predicted octanol–water partition coefficient (Wildman–Crippen LogP) is 4.86. The van der Waals surface area contributed by atoms with Crippen LogP contribution in [0, 0.1) is 5.92 Å². The lowest BCUT2D eigenvalue weighted by Crippen LogP contribution is -2.55. The second kappa shape index (κ2) is 16.2. The first-order valence-electron chi connectivity index (χ1n) is 15.1. The van der Waals surface area contributed by atoms with Crippen LogP contribution >= 0.6 is 0 Å². The lowest BCUT2D eigenvalue weighted by molar-refractivity contribution is 0.0421. The molecule has 2 unspecified atom stereocenters. The summed E-state index contributed by atoms with van der Waals surface area (Å²) in [6.07, 6.45) is 1.60. The van der Waals surface area contributed by atoms with Gasteiger partial charge in [0.25, 0.3) is 5.91 Å². The maximum Gasteiger partial charge on any atom is 0.254 e. The molecule has 1 saturated heterocycles. The van der Waals surface area contributed by atoms with Crippen LogP contribution in [0.4, 0.5) is 0 Å². The van der Waals surface area contributed by atoms with Crippen molar-refractivity contribution < 1.29 is 28.5 Å². The van der Waals surface area contributed by atoms with Crippen molar-refractivity contribution in [3.8, 4) is 23.0 Å². The van der Waals surface area contributed by atoms with Crippen LogP contribution < -0.4 is 18.9 Å². The average molecular weight is 589 g/mol. The Bertz CT molecular complexity index is 1290. The van der Waals surface area contributed by atoms with Crippen LogP contribution in [0.1, 0.15) is 42.6 Å². The third-order valence-corrected chi connectivity index (χ3v) is 7.58. The van der Waals surface area contributed by atoms with Gasteiger partial charge in [-0.3, -0.25) is 4.79 Å². The molecular weight excluding hydrogens is 543 g/mol. The van der Waals surface area contributed by atoms with Crippen LogP contribution in [0.5, 0.6) is 23.0 Å². The number of carbonyl (C=O) groups excluding carboxylic acids is 1. The molecule has 1 amide bonds. The van der Waals surface area contributed by atoms with Crippen LogP contribution in [-0.2, 0) is 11.3 Å². The first-order chi connectivity index (χ1) is 20.9. The van der Waals surface area contributed by atoms with Gasteiger partial charge >= 0.3 is 0 Å². The van der Waals surface area contributed by atoms with Crippen molar-refractivity contribution in [2.75, 3.05) is 47.1 Å². The zero-order valence-corrected chi connectivity index (χ0v) is 26.2. The summed E-state index contributed by atoms with van der Waals surface area (Å²) in [7, 11) is 5.38. The van der Waals surface area contributed by atoms with E-state index in [0.29, 0.717) is 43.5 Å². The summed E-state index contributed by atoms with van der Waals surface area (Å²) >= 11 is 0. The zero-order chi connectivity index (χ0) is 30.6.